The van der Waals surface area contributed by atoms with Gasteiger partial charge in [0.15, 0.2) is 0 Å². The number of ether oxygens (including phenoxy) is 2. The Morgan fingerprint density at radius 1 is 1.14 bits per heavy atom. The van der Waals surface area contributed by atoms with Gasteiger partial charge in [-0.2, -0.15) is 4.98 Å². The number of aromatic nitrogens is 1. The first-order chi connectivity index (χ1) is 17.5. The zero-order chi connectivity index (χ0) is 26.8. The van der Waals surface area contributed by atoms with Crippen molar-refractivity contribution in [2.45, 2.75) is 47.5 Å². The van der Waals surface area contributed by atoms with Crippen molar-refractivity contribution in [1.29, 1.82) is 5.41 Å². The van der Waals surface area contributed by atoms with Crippen LogP contribution in [0.4, 0.5) is 17.2 Å². The predicted octanol–water partition coefficient (Wildman–Crippen LogP) is 5.06. The van der Waals surface area contributed by atoms with Gasteiger partial charge in [0.25, 0.3) is 0 Å². The summed E-state index contributed by atoms with van der Waals surface area (Å²) in [6, 6.07) is 9.93. The third kappa shape index (κ3) is 11.3. The van der Waals surface area contributed by atoms with Crippen LogP contribution in [-0.2, 0) is 4.74 Å². The molecule has 1 aromatic carbocycles. The van der Waals surface area contributed by atoms with E-state index in [1.165, 1.54) is 11.8 Å². The van der Waals surface area contributed by atoms with Gasteiger partial charge in [0.05, 0.1) is 13.2 Å². The second kappa shape index (κ2) is 18.4. The molecule has 1 aliphatic heterocycles. The number of pyridine rings is 1. The van der Waals surface area contributed by atoms with Crippen LogP contribution in [0.5, 0.6) is 5.88 Å². The average molecular weight is 501 g/mol. The fraction of sp³-hybridized carbons (Fsp3) is 0.571. The summed E-state index contributed by atoms with van der Waals surface area (Å²) >= 11 is 0. The second-order valence-electron chi connectivity index (χ2n) is 8.36. The summed E-state index contributed by atoms with van der Waals surface area (Å²) in [5.41, 5.74) is 10.2. The molecule has 3 rings (SSSR count). The van der Waals surface area contributed by atoms with Crippen molar-refractivity contribution in [3.8, 4) is 5.88 Å². The highest BCUT2D eigenvalue weighted by Gasteiger charge is 2.12. The van der Waals surface area contributed by atoms with E-state index in [-0.39, 0.29) is 0 Å². The molecule has 4 N–H and O–H groups in total. The molecular weight excluding hydrogens is 452 g/mol. The molecular formula is C28H48N6O2. The summed E-state index contributed by atoms with van der Waals surface area (Å²) in [5, 5.41) is 10.1. The van der Waals surface area contributed by atoms with E-state index in [9.17, 15) is 0 Å². The summed E-state index contributed by atoms with van der Waals surface area (Å²) in [6.45, 7) is 17.5. The maximum Gasteiger partial charge on any atom is 0.217 e. The molecule has 36 heavy (non-hydrogen) atoms. The highest BCUT2D eigenvalue weighted by molar-refractivity contribution is 5.85. The summed E-state index contributed by atoms with van der Waals surface area (Å²) in [5.74, 6) is 1.13. The third-order valence-corrected chi connectivity index (χ3v) is 5.55. The summed E-state index contributed by atoms with van der Waals surface area (Å²) in [6.07, 6.45) is 3.57. The van der Waals surface area contributed by atoms with E-state index in [1.54, 1.807) is 0 Å². The molecule has 8 heteroatoms. The number of nitrogens with one attached hydrogen (secondary N) is 2. The molecule has 1 saturated heterocycles. The maximum absolute atomic E-state index is 7.12. The van der Waals surface area contributed by atoms with Crippen molar-refractivity contribution < 1.29 is 9.47 Å². The van der Waals surface area contributed by atoms with E-state index in [0.717, 1.165) is 75.7 Å². The molecule has 0 saturated carbocycles. The quantitative estimate of drug-likeness (QED) is 0.371. The fourth-order valence-electron chi connectivity index (χ4n) is 3.81. The first-order valence-electron chi connectivity index (χ1n) is 13.2. The van der Waals surface area contributed by atoms with Gasteiger partial charge in [-0.3, -0.25) is 4.90 Å². The Labute approximate surface area is 218 Å². The number of morpholine rings is 1. The van der Waals surface area contributed by atoms with Crippen molar-refractivity contribution in [2.75, 3.05) is 75.5 Å². The number of hydrogen-bond acceptors (Lipinski definition) is 8. The Kier molecular flexibility index (Phi) is 16.0. The molecule has 0 bridgehead atoms. The van der Waals surface area contributed by atoms with Gasteiger partial charge in [0.2, 0.25) is 5.88 Å². The van der Waals surface area contributed by atoms with Crippen LogP contribution in [0.1, 0.15) is 51.7 Å². The Bertz CT molecular complexity index is 865. The molecule has 0 amide bonds. The lowest BCUT2D eigenvalue weighted by molar-refractivity contribution is 0.0320. The molecule has 1 fully saturated rings. The molecule has 2 heterocycles. The van der Waals surface area contributed by atoms with Crippen molar-refractivity contribution in [3.05, 3.63) is 41.5 Å². The van der Waals surface area contributed by atoms with Gasteiger partial charge < -0.3 is 30.8 Å². The first-order valence-corrected chi connectivity index (χ1v) is 13.2. The maximum atomic E-state index is 7.12. The zero-order valence-electron chi connectivity index (χ0n) is 23.3. The Morgan fingerprint density at radius 3 is 2.39 bits per heavy atom. The van der Waals surface area contributed by atoms with Crippen LogP contribution < -0.4 is 20.7 Å². The van der Waals surface area contributed by atoms with Crippen LogP contribution in [0.3, 0.4) is 0 Å². The van der Waals surface area contributed by atoms with Crippen LogP contribution in [0.2, 0.25) is 0 Å². The van der Waals surface area contributed by atoms with Gasteiger partial charge in [-0.1, -0.05) is 39.3 Å². The topological polar surface area (TPSA) is 99.7 Å². The standard InChI is InChI=1S/C17H30N4O2.C9H12N2.C2H6/c1-3-5-21(6-4-2)15-13-16(18)19-17(14-15)23-12-9-20-7-10-22-11-8-20;1-7-3-4-9(11-2)8(5-7)6-10;1-2/h13-14H,3-12H2,1-2H3,(H2,18,19);3-6,10-11H,1-2H3;1-2H3. The summed E-state index contributed by atoms with van der Waals surface area (Å²) in [7, 11) is 1.86. The van der Waals surface area contributed by atoms with E-state index in [4.69, 9.17) is 20.6 Å². The smallest absolute Gasteiger partial charge is 0.217 e. The highest BCUT2D eigenvalue weighted by Crippen LogP contribution is 2.23. The Balaban J connectivity index is 0.000000417. The monoisotopic (exact) mass is 500 g/mol. The van der Waals surface area contributed by atoms with Gasteiger partial charge in [-0.25, -0.2) is 0 Å². The molecule has 1 aliphatic rings. The van der Waals surface area contributed by atoms with Gasteiger partial charge >= 0.3 is 0 Å². The van der Waals surface area contributed by atoms with Crippen molar-refractivity contribution in [1.82, 2.24) is 9.88 Å². The van der Waals surface area contributed by atoms with Crippen molar-refractivity contribution in [2.24, 2.45) is 0 Å². The molecule has 0 spiro atoms. The van der Waals surface area contributed by atoms with Crippen LogP contribution in [0.25, 0.3) is 0 Å². The molecule has 1 aromatic heterocycles. The van der Waals surface area contributed by atoms with Crippen LogP contribution in [0, 0.1) is 12.3 Å². The third-order valence-electron chi connectivity index (χ3n) is 5.55. The van der Waals surface area contributed by atoms with Gasteiger partial charge in [0.1, 0.15) is 12.4 Å². The number of nitrogens with zero attached hydrogens (tertiary/aromatic N) is 3. The molecule has 8 nitrogen and oxygen atoms in total. The first kappa shape index (κ1) is 31.2. The van der Waals surface area contributed by atoms with Crippen molar-refractivity contribution in [3.63, 3.8) is 0 Å². The number of benzene rings is 1. The number of nitrogen functional groups attached to an aromatic ring is 1. The lowest BCUT2D eigenvalue weighted by Crippen LogP contribution is -2.38. The van der Waals surface area contributed by atoms with Crippen LogP contribution in [-0.4, -0.2) is 75.7 Å². The van der Waals surface area contributed by atoms with E-state index in [0.29, 0.717) is 18.3 Å². The van der Waals surface area contributed by atoms with Crippen LogP contribution >= 0.6 is 0 Å². The number of rotatable bonds is 11. The highest BCUT2D eigenvalue weighted by atomic mass is 16.5. The number of nitrogens with two attached hydrogens (primary N) is 1. The van der Waals surface area contributed by atoms with Gasteiger partial charge in [0, 0.05) is 75.1 Å². The van der Waals surface area contributed by atoms with E-state index >= 15 is 0 Å². The summed E-state index contributed by atoms with van der Waals surface area (Å²) < 4.78 is 11.2. The predicted molar refractivity (Wildman–Crippen MR) is 154 cm³/mol. The Morgan fingerprint density at radius 2 is 1.81 bits per heavy atom. The summed E-state index contributed by atoms with van der Waals surface area (Å²) in [4.78, 5) is 8.99. The van der Waals surface area contributed by atoms with E-state index < -0.39 is 0 Å². The van der Waals surface area contributed by atoms with Gasteiger partial charge in [-0.05, 0) is 31.9 Å². The molecule has 0 aliphatic carbocycles. The molecule has 2 aromatic rings. The largest absolute Gasteiger partial charge is 0.476 e. The minimum atomic E-state index is 0.515. The minimum Gasteiger partial charge on any atom is -0.476 e. The molecule has 0 atom stereocenters. The Hall–Kier alpha value is -2.84. The molecule has 0 radical (unpaired) electrons. The fourth-order valence-corrected chi connectivity index (χ4v) is 3.81. The van der Waals surface area contributed by atoms with Gasteiger partial charge in [-0.15, -0.1) is 0 Å². The lowest BCUT2D eigenvalue weighted by atomic mass is 10.1. The van der Waals surface area contributed by atoms with E-state index in [1.807, 2.05) is 58.2 Å². The minimum absolute atomic E-state index is 0.515. The lowest BCUT2D eigenvalue weighted by Gasteiger charge is -2.26. The molecule has 0 unspecified atom stereocenters. The van der Waals surface area contributed by atoms with E-state index in [2.05, 4.69) is 33.9 Å². The zero-order valence-corrected chi connectivity index (χ0v) is 23.3. The SMILES string of the molecule is CC.CCCN(CCC)c1cc(N)nc(OCCN2CCOCC2)c1.CNc1ccc(C)cc1C=N. The van der Waals surface area contributed by atoms with Crippen LogP contribution in [0.15, 0.2) is 30.3 Å². The normalized spacial score (nSPS) is 12.9. The van der Waals surface area contributed by atoms with Crippen molar-refractivity contribution >= 4 is 23.4 Å². The number of hydrogen-bond donors (Lipinski definition) is 3. The second-order valence-corrected chi connectivity index (χ2v) is 8.36. The number of aryl methyl sites for hydroxylation is 1. The number of anilines is 3. The molecule has 202 valence electrons. The average Bonchev–Trinajstić information content (AvgIpc) is 2.90.